The Morgan fingerprint density at radius 3 is 2.76 bits per heavy atom. The van der Waals surface area contributed by atoms with Gasteiger partial charge in [-0.2, -0.15) is 0 Å². The molecule has 2 aromatic rings. The van der Waals surface area contributed by atoms with Crippen LogP contribution in [0.4, 0.5) is 10.7 Å². The van der Waals surface area contributed by atoms with E-state index in [0.717, 1.165) is 29.7 Å². The van der Waals surface area contributed by atoms with E-state index in [4.69, 9.17) is 18.0 Å². The molecule has 29 heavy (non-hydrogen) atoms. The van der Waals surface area contributed by atoms with Gasteiger partial charge in [0.2, 0.25) is 0 Å². The zero-order chi connectivity index (χ0) is 21.3. The van der Waals surface area contributed by atoms with E-state index in [0.29, 0.717) is 16.5 Å². The van der Waals surface area contributed by atoms with Gasteiger partial charge in [-0.1, -0.05) is 13.0 Å². The SMILES string of the molecule is Cc1c(C(=O)NC(=S)Nc2sc3c(c2C(N)=O)CCC(C)C3)cccc1[N+](=O)[O-]. The van der Waals surface area contributed by atoms with E-state index >= 15 is 0 Å². The Bertz CT molecular complexity index is 1030. The van der Waals surface area contributed by atoms with Crippen LogP contribution in [-0.2, 0) is 12.8 Å². The highest BCUT2D eigenvalue weighted by atomic mass is 32.1. The molecule has 1 aromatic heterocycles. The maximum atomic E-state index is 12.5. The van der Waals surface area contributed by atoms with Crippen LogP contribution in [0.3, 0.4) is 0 Å². The Balaban J connectivity index is 1.80. The first-order valence-corrected chi connectivity index (χ1v) is 10.2. The van der Waals surface area contributed by atoms with Crippen molar-refractivity contribution in [2.24, 2.45) is 11.7 Å². The quantitative estimate of drug-likeness (QED) is 0.386. The first-order valence-electron chi connectivity index (χ1n) is 8.99. The van der Waals surface area contributed by atoms with E-state index in [1.807, 2.05) is 0 Å². The number of thiophene rings is 1. The average molecular weight is 433 g/mol. The molecular formula is C19H20N4O4S2. The van der Waals surface area contributed by atoms with Gasteiger partial charge in [0, 0.05) is 22.1 Å². The molecule has 0 spiro atoms. The Labute approximate surface area is 176 Å². The highest BCUT2D eigenvalue weighted by molar-refractivity contribution is 7.80. The monoisotopic (exact) mass is 432 g/mol. The van der Waals surface area contributed by atoms with E-state index in [2.05, 4.69) is 17.6 Å². The number of primary amides is 1. The van der Waals surface area contributed by atoms with Crippen LogP contribution in [0.5, 0.6) is 0 Å². The number of rotatable bonds is 4. The lowest BCUT2D eigenvalue weighted by Gasteiger charge is -2.18. The number of nitrogens with two attached hydrogens (primary N) is 1. The first kappa shape index (κ1) is 20.9. The molecule has 152 valence electrons. The number of nitro groups is 1. The Morgan fingerprint density at radius 2 is 2.10 bits per heavy atom. The minimum absolute atomic E-state index is 0.00458. The third-order valence-corrected chi connectivity index (χ3v) is 6.33. The summed E-state index contributed by atoms with van der Waals surface area (Å²) in [6.45, 7) is 3.66. The zero-order valence-corrected chi connectivity index (χ0v) is 17.5. The minimum Gasteiger partial charge on any atom is -0.365 e. The van der Waals surface area contributed by atoms with Crippen molar-refractivity contribution in [3.63, 3.8) is 0 Å². The number of hydrogen-bond donors (Lipinski definition) is 3. The van der Waals surface area contributed by atoms with Gasteiger partial charge in [0.15, 0.2) is 5.11 Å². The van der Waals surface area contributed by atoms with Gasteiger partial charge in [0.1, 0.15) is 5.00 Å². The van der Waals surface area contributed by atoms with Crippen molar-refractivity contribution < 1.29 is 14.5 Å². The predicted octanol–water partition coefficient (Wildman–Crippen LogP) is 3.32. The molecule has 0 saturated carbocycles. The number of nitrogens with one attached hydrogen (secondary N) is 2. The van der Waals surface area contributed by atoms with Crippen molar-refractivity contribution in [2.45, 2.75) is 33.1 Å². The summed E-state index contributed by atoms with van der Waals surface area (Å²) in [5.74, 6) is -0.583. The molecule has 3 rings (SSSR count). The van der Waals surface area contributed by atoms with Gasteiger partial charge in [-0.3, -0.25) is 25.0 Å². The van der Waals surface area contributed by atoms with Gasteiger partial charge in [0.25, 0.3) is 17.5 Å². The fraction of sp³-hybridized carbons (Fsp3) is 0.316. The lowest BCUT2D eigenvalue weighted by molar-refractivity contribution is -0.385. The molecule has 1 atom stereocenters. The summed E-state index contributed by atoms with van der Waals surface area (Å²) >= 11 is 6.64. The van der Waals surface area contributed by atoms with E-state index < -0.39 is 16.7 Å². The van der Waals surface area contributed by atoms with Gasteiger partial charge in [-0.05, 0) is 56.0 Å². The summed E-state index contributed by atoms with van der Waals surface area (Å²) in [6, 6.07) is 4.26. The van der Waals surface area contributed by atoms with E-state index in [1.165, 1.54) is 36.5 Å². The predicted molar refractivity (Wildman–Crippen MR) is 116 cm³/mol. The van der Waals surface area contributed by atoms with Gasteiger partial charge in [0.05, 0.1) is 10.5 Å². The highest BCUT2D eigenvalue weighted by Gasteiger charge is 2.27. The summed E-state index contributed by atoms with van der Waals surface area (Å²) in [4.78, 5) is 36.2. The van der Waals surface area contributed by atoms with Crippen molar-refractivity contribution in [2.75, 3.05) is 5.32 Å². The number of amides is 2. The standard InChI is InChI=1S/C19H20N4O4S2/c1-9-6-7-12-14(8-9)29-18(15(12)16(20)24)22-19(28)21-17(25)11-4-3-5-13(10(11)2)23(26)27/h3-5,9H,6-8H2,1-2H3,(H2,20,24)(H2,21,22,25,28). The second-order valence-corrected chi connectivity index (χ2v) is 8.55. The van der Waals surface area contributed by atoms with Crippen LogP contribution in [0, 0.1) is 23.0 Å². The minimum atomic E-state index is -0.570. The van der Waals surface area contributed by atoms with Crippen molar-refractivity contribution in [3.8, 4) is 0 Å². The second kappa shape index (κ2) is 8.26. The van der Waals surface area contributed by atoms with Crippen LogP contribution < -0.4 is 16.4 Å². The van der Waals surface area contributed by atoms with Gasteiger partial charge < -0.3 is 11.1 Å². The molecule has 0 bridgehead atoms. The van der Waals surface area contributed by atoms with Crippen molar-refractivity contribution in [1.82, 2.24) is 5.32 Å². The van der Waals surface area contributed by atoms with Gasteiger partial charge >= 0.3 is 0 Å². The topological polar surface area (TPSA) is 127 Å². The molecule has 0 fully saturated rings. The van der Waals surface area contributed by atoms with Crippen LogP contribution >= 0.6 is 23.6 Å². The molecule has 2 amide bonds. The molecule has 0 aliphatic heterocycles. The highest BCUT2D eigenvalue weighted by Crippen LogP contribution is 2.39. The number of thiocarbonyl (C=S) groups is 1. The Hall–Kier alpha value is -2.85. The van der Waals surface area contributed by atoms with Crippen molar-refractivity contribution >= 4 is 51.2 Å². The Kier molecular flexibility index (Phi) is 5.94. The van der Waals surface area contributed by atoms with E-state index in [1.54, 1.807) is 0 Å². The van der Waals surface area contributed by atoms with Crippen LogP contribution in [0.2, 0.25) is 0 Å². The summed E-state index contributed by atoms with van der Waals surface area (Å²) in [6.07, 6.45) is 2.63. The van der Waals surface area contributed by atoms with Crippen LogP contribution in [0.15, 0.2) is 18.2 Å². The van der Waals surface area contributed by atoms with Crippen LogP contribution in [-0.4, -0.2) is 21.9 Å². The number of nitro benzene ring substituents is 1. The molecule has 4 N–H and O–H groups in total. The lowest BCUT2D eigenvalue weighted by Crippen LogP contribution is -2.34. The third kappa shape index (κ3) is 4.28. The number of benzene rings is 1. The molecule has 0 radical (unpaired) electrons. The fourth-order valence-electron chi connectivity index (χ4n) is 3.47. The van der Waals surface area contributed by atoms with Crippen LogP contribution in [0.1, 0.15) is 50.1 Å². The van der Waals surface area contributed by atoms with E-state index in [9.17, 15) is 19.7 Å². The summed E-state index contributed by atoms with van der Waals surface area (Å²) in [5.41, 5.74) is 7.20. The normalized spacial score (nSPS) is 15.3. The molecule has 1 aliphatic rings. The number of carbonyl (C=O) groups excluding carboxylic acids is 2. The number of carbonyl (C=O) groups is 2. The van der Waals surface area contributed by atoms with Gasteiger partial charge in [-0.25, -0.2) is 0 Å². The first-order chi connectivity index (χ1) is 13.7. The molecule has 1 heterocycles. The summed E-state index contributed by atoms with van der Waals surface area (Å²) in [7, 11) is 0. The summed E-state index contributed by atoms with van der Waals surface area (Å²) < 4.78 is 0. The second-order valence-electron chi connectivity index (χ2n) is 7.04. The maximum absolute atomic E-state index is 12.5. The molecule has 1 unspecified atom stereocenters. The molecule has 1 aliphatic carbocycles. The maximum Gasteiger partial charge on any atom is 0.273 e. The molecule has 1 aromatic carbocycles. The number of fused-ring (bicyclic) bond motifs is 1. The number of anilines is 1. The van der Waals surface area contributed by atoms with Crippen LogP contribution in [0.25, 0.3) is 0 Å². The van der Waals surface area contributed by atoms with E-state index in [-0.39, 0.29) is 21.9 Å². The smallest absolute Gasteiger partial charge is 0.273 e. The fourth-order valence-corrected chi connectivity index (χ4v) is 5.15. The molecule has 0 saturated heterocycles. The largest absolute Gasteiger partial charge is 0.365 e. The van der Waals surface area contributed by atoms with Crippen molar-refractivity contribution in [1.29, 1.82) is 0 Å². The summed E-state index contributed by atoms with van der Waals surface area (Å²) in [5, 5.41) is 17.0. The number of nitrogens with zero attached hydrogens (tertiary/aromatic N) is 1. The van der Waals surface area contributed by atoms with Crippen molar-refractivity contribution in [3.05, 3.63) is 55.4 Å². The number of hydrogen-bond acceptors (Lipinski definition) is 6. The molecule has 8 nitrogen and oxygen atoms in total. The molecular weight excluding hydrogens is 412 g/mol. The third-order valence-electron chi connectivity index (χ3n) is 4.96. The average Bonchev–Trinajstić information content (AvgIpc) is 2.98. The molecule has 10 heteroatoms. The lowest BCUT2D eigenvalue weighted by atomic mass is 9.88. The zero-order valence-electron chi connectivity index (χ0n) is 15.9. The van der Waals surface area contributed by atoms with Gasteiger partial charge in [-0.15, -0.1) is 11.3 Å². The Morgan fingerprint density at radius 1 is 1.38 bits per heavy atom.